The topological polar surface area (TPSA) is 53.9 Å². The number of urea groups is 1. The molecule has 5 nitrogen and oxygen atoms in total. The number of halogens is 1. The standard InChI is InChI=1S/C16H22FN3O2/c1-3-9-20(16(21)18-4-2)11-14-10-15(19-22-14)12-5-7-13(17)8-6-12/h5-8,14H,3-4,9-11H2,1-2H3,(H,18,21)/t14-/m0/s1. The molecule has 1 aromatic rings. The SMILES string of the molecule is CCCN(C[C@@H]1CC(c2ccc(F)cc2)=NO1)C(=O)NCC. The number of nitrogens with one attached hydrogen (secondary N) is 1. The second-order valence-electron chi connectivity index (χ2n) is 5.26. The third kappa shape index (κ3) is 4.19. The molecule has 2 rings (SSSR count). The molecule has 1 aromatic carbocycles. The van der Waals surface area contributed by atoms with Crippen molar-refractivity contribution >= 4 is 11.7 Å². The van der Waals surface area contributed by atoms with Crippen LogP contribution in [0.3, 0.4) is 0 Å². The van der Waals surface area contributed by atoms with Gasteiger partial charge in [0, 0.05) is 19.5 Å². The number of carbonyl (C=O) groups is 1. The van der Waals surface area contributed by atoms with Crippen molar-refractivity contribution in [2.75, 3.05) is 19.6 Å². The number of amides is 2. The van der Waals surface area contributed by atoms with Gasteiger partial charge in [0.1, 0.15) is 5.82 Å². The van der Waals surface area contributed by atoms with Crippen molar-refractivity contribution in [1.82, 2.24) is 10.2 Å². The molecule has 0 bridgehead atoms. The van der Waals surface area contributed by atoms with Gasteiger partial charge in [-0.1, -0.05) is 24.2 Å². The summed E-state index contributed by atoms with van der Waals surface area (Å²) in [6.45, 7) is 5.69. The first-order valence-electron chi connectivity index (χ1n) is 7.65. The summed E-state index contributed by atoms with van der Waals surface area (Å²) in [5.41, 5.74) is 1.64. The first-order valence-corrected chi connectivity index (χ1v) is 7.65. The van der Waals surface area contributed by atoms with Crippen molar-refractivity contribution in [2.24, 2.45) is 5.16 Å². The van der Waals surface area contributed by atoms with Gasteiger partial charge >= 0.3 is 6.03 Å². The van der Waals surface area contributed by atoms with Gasteiger partial charge in [-0.05, 0) is 31.0 Å². The zero-order valence-electron chi connectivity index (χ0n) is 13.0. The Kier molecular flexibility index (Phi) is 5.75. The molecule has 0 fully saturated rings. The maximum Gasteiger partial charge on any atom is 0.317 e. The average molecular weight is 307 g/mol. The van der Waals surface area contributed by atoms with Crippen LogP contribution in [0.2, 0.25) is 0 Å². The smallest absolute Gasteiger partial charge is 0.317 e. The van der Waals surface area contributed by atoms with E-state index in [2.05, 4.69) is 10.5 Å². The predicted octanol–water partition coefficient (Wildman–Crippen LogP) is 2.76. The van der Waals surface area contributed by atoms with Crippen molar-refractivity contribution in [1.29, 1.82) is 0 Å². The lowest BCUT2D eigenvalue weighted by molar-refractivity contribution is 0.0606. The molecule has 1 atom stereocenters. The van der Waals surface area contributed by atoms with Gasteiger partial charge in [0.05, 0.1) is 12.3 Å². The summed E-state index contributed by atoms with van der Waals surface area (Å²) in [5.74, 6) is -0.273. The number of hydrogen-bond donors (Lipinski definition) is 1. The first-order chi connectivity index (χ1) is 10.6. The van der Waals surface area contributed by atoms with E-state index >= 15 is 0 Å². The molecule has 6 heteroatoms. The largest absolute Gasteiger partial charge is 0.390 e. The van der Waals surface area contributed by atoms with Gasteiger partial charge in [-0.15, -0.1) is 0 Å². The monoisotopic (exact) mass is 307 g/mol. The maximum atomic E-state index is 12.9. The van der Waals surface area contributed by atoms with Crippen LogP contribution in [0.1, 0.15) is 32.3 Å². The molecule has 2 amide bonds. The average Bonchev–Trinajstić information content (AvgIpc) is 2.96. The highest BCUT2D eigenvalue weighted by Gasteiger charge is 2.26. The van der Waals surface area contributed by atoms with Crippen molar-refractivity contribution in [3.63, 3.8) is 0 Å². The van der Waals surface area contributed by atoms with E-state index in [1.165, 1.54) is 12.1 Å². The third-order valence-corrected chi connectivity index (χ3v) is 3.44. The second-order valence-corrected chi connectivity index (χ2v) is 5.26. The zero-order chi connectivity index (χ0) is 15.9. The first kappa shape index (κ1) is 16.3. The Balaban J connectivity index is 1.93. The van der Waals surface area contributed by atoms with Crippen LogP contribution < -0.4 is 5.32 Å². The predicted molar refractivity (Wildman–Crippen MR) is 83.4 cm³/mol. The lowest BCUT2D eigenvalue weighted by atomic mass is 10.0. The molecule has 0 aliphatic carbocycles. The number of benzene rings is 1. The number of hydrogen-bond acceptors (Lipinski definition) is 3. The number of carbonyl (C=O) groups excluding carboxylic acids is 1. The van der Waals surface area contributed by atoms with Crippen LogP contribution in [0.15, 0.2) is 29.4 Å². The van der Waals surface area contributed by atoms with Gasteiger partial charge in [0.2, 0.25) is 0 Å². The lowest BCUT2D eigenvalue weighted by Gasteiger charge is -2.24. The van der Waals surface area contributed by atoms with Gasteiger partial charge in [0.25, 0.3) is 0 Å². The minimum Gasteiger partial charge on any atom is -0.390 e. The van der Waals surface area contributed by atoms with Gasteiger partial charge in [-0.2, -0.15) is 0 Å². The molecule has 1 N–H and O–H groups in total. The fraction of sp³-hybridized carbons (Fsp3) is 0.500. The van der Waals surface area contributed by atoms with Crippen LogP contribution in [-0.2, 0) is 4.84 Å². The quantitative estimate of drug-likeness (QED) is 0.878. The molecular weight excluding hydrogens is 285 g/mol. The molecule has 1 aliphatic rings. The fourth-order valence-corrected chi connectivity index (χ4v) is 2.39. The van der Waals surface area contributed by atoms with Crippen LogP contribution in [0, 0.1) is 5.82 Å². The molecule has 1 aliphatic heterocycles. The molecule has 0 radical (unpaired) electrons. The minimum absolute atomic E-state index is 0.0804. The summed E-state index contributed by atoms with van der Waals surface area (Å²) >= 11 is 0. The summed E-state index contributed by atoms with van der Waals surface area (Å²) in [5, 5.41) is 6.88. The van der Waals surface area contributed by atoms with Gasteiger partial charge in [-0.25, -0.2) is 9.18 Å². The molecule has 1 heterocycles. The molecule has 0 unspecified atom stereocenters. The Morgan fingerprint density at radius 2 is 2.14 bits per heavy atom. The molecular formula is C16H22FN3O2. The molecule has 22 heavy (non-hydrogen) atoms. The Hall–Kier alpha value is -2.11. The van der Waals surface area contributed by atoms with Crippen LogP contribution in [0.4, 0.5) is 9.18 Å². The molecule has 0 aromatic heterocycles. The zero-order valence-corrected chi connectivity index (χ0v) is 13.0. The van der Waals surface area contributed by atoms with Crippen molar-refractivity contribution in [3.8, 4) is 0 Å². The lowest BCUT2D eigenvalue weighted by Crippen LogP contribution is -2.44. The number of oxime groups is 1. The van der Waals surface area contributed by atoms with E-state index in [1.54, 1.807) is 17.0 Å². The molecule has 0 spiro atoms. The van der Waals surface area contributed by atoms with E-state index < -0.39 is 0 Å². The van der Waals surface area contributed by atoms with E-state index in [0.29, 0.717) is 26.1 Å². The summed E-state index contributed by atoms with van der Waals surface area (Å²) in [6, 6.07) is 6.11. The number of nitrogens with zero attached hydrogens (tertiary/aromatic N) is 2. The van der Waals surface area contributed by atoms with Crippen LogP contribution >= 0.6 is 0 Å². The highest BCUT2D eigenvalue weighted by atomic mass is 19.1. The van der Waals surface area contributed by atoms with Gasteiger partial charge < -0.3 is 15.1 Å². The highest BCUT2D eigenvalue weighted by molar-refractivity contribution is 6.01. The molecule has 0 saturated heterocycles. The molecule has 120 valence electrons. The number of rotatable bonds is 6. The van der Waals surface area contributed by atoms with E-state index in [-0.39, 0.29) is 18.0 Å². The minimum atomic E-state index is -0.273. The summed E-state index contributed by atoms with van der Waals surface area (Å²) in [4.78, 5) is 19.2. The van der Waals surface area contributed by atoms with E-state index in [4.69, 9.17) is 4.84 Å². The van der Waals surface area contributed by atoms with Crippen LogP contribution in [0.25, 0.3) is 0 Å². The van der Waals surface area contributed by atoms with Crippen LogP contribution in [0.5, 0.6) is 0 Å². The fourth-order valence-electron chi connectivity index (χ4n) is 2.39. The summed E-state index contributed by atoms with van der Waals surface area (Å²) in [7, 11) is 0. The maximum absolute atomic E-state index is 12.9. The second kappa shape index (κ2) is 7.77. The Labute approximate surface area is 130 Å². The van der Waals surface area contributed by atoms with E-state index in [1.807, 2.05) is 13.8 Å². The van der Waals surface area contributed by atoms with Crippen LogP contribution in [-0.4, -0.2) is 42.4 Å². The third-order valence-electron chi connectivity index (χ3n) is 3.44. The van der Waals surface area contributed by atoms with Gasteiger partial charge in [0.15, 0.2) is 6.10 Å². The Morgan fingerprint density at radius 3 is 2.77 bits per heavy atom. The Bertz CT molecular complexity index is 531. The van der Waals surface area contributed by atoms with Crippen molar-refractivity contribution in [2.45, 2.75) is 32.8 Å². The van der Waals surface area contributed by atoms with Crippen molar-refractivity contribution < 1.29 is 14.0 Å². The highest BCUT2D eigenvalue weighted by Crippen LogP contribution is 2.18. The Morgan fingerprint density at radius 1 is 1.41 bits per heavy atom. The van der Waals surface area contributed by atoms with E-state index in [0.717, 1.165) is 17.7 Å². The van der Waals surface area contributed by atoms with Gasteiger partial charge in [-0.3, -0.25) is 0 Å². The van der Waals surface area contributed by atoms with Crippen molar-refractivity contribution in [3.05, 3.63) is 35.6 Å². The summed E-state index contributed by atoms with van der Waals surface area (Å²) < 4.78 is 12.9. The van der Waals surface area contributed by atoms with E-state index in [9.17, 15) is 9.18 Å². The summed E-state index contributed by atoms with van der Waals surface area (Å²) in [6.07, 6.45) is 1.34. The molecule has 0 saturated carbocycles. The normalized spacial score (nSPS) is 16.9.